The number of nitrogens with one attached hydrogen (secondary N) is 3. The van der Waals surface area contributed by atoms with Gasteiger partial charge >= 0.3 is 6.09 Å². The third-order valence-corrected chi connectivity index (χ3v) is 4.56. The molecule has 0 saturated carbocycles. The molecule has 0 bridgehead atoms. The normalized spacial score (nSPS) is 10.8. The van der Waals surface area contributed by atoms with Crippen LogP contribution in [0, 0.1) is 6.92 Å². The lowest BCUT2D eigenvalue weighted by molar-refractivity contribution is -0.121. The molecule has 8 nitrogen and oxygen atoms in total. The van der Waals surface area contributed by atoms with Crippen molar-refractivity contribution in [1.82, 2.24) is 10.6 Å². The molecule has 0 atom stereocenters. The molecule has 0 aromatic heterocycles. The first kappa shape index (κ1) is 26.7. The number of carbonyl (C=O) groups is 3. The Hall–Kier alpha value is -3.55. The Labute approximate surface area is 201 Å². The monoisotopic (exact) mass is 469 g/mol. The van der Waals surface area contributed by atoms with Gasteiger partial charge in [-0.05, 0) is 63.9 Å². The summed E-state index contributed by atoms with van der Waals surface area (Å²) in [6, 6.07) is 15.1. The molecule has 0 spiro atoms. The van der Waals surface area contributed by atoms with Crippen LogP contribution in [0.4, 0.5) is 10.5 Å². The van der Waals surface area contributed by atoms with Gasteiger partial charge in [-0.25, -0.2) is 4.79 Å². The molecule has 0 aliphatic carbocycles. The van der Waals surface area contributed by atoms with Gasteiger partial charge in [0.05, 0.1) is 6.61 Å². The second-order valence-electron chi connectivity index (χ2n) is 8.97. The van der Waals surface area contributed by atoms with E-state index in [1.807, 2.05) is 43.3 Å². The molecule has 8 heteroatoms. The van der Waals surface area contributed by atoms with Gasteiger partial charge in [-0.15, -0.1) is 0 Å². The van der Waals surface area contributed by atoms with Crippen LogP contribution in [0.25, 0.3) is 0 Å². The maximum Gasteiger partial charge on any atom is 0.407 e. The average Bonchev–Trinajstić information content (AvgIpc) is 2.75. The highest BCUT2D eigenvalue weighted by Crippen LogP contribution is 2.13. The summed E-state index contributed by atoms with van der Waals surface area (Å²) >= 11 is 0. The van der Waals surface area contributed by atoms with Crippen LogP contribution in [0.5, 0.6) is 5.75 Å². The zero-order valence-electron chi connectivity index (χ0n) is 20.4. The maximum absolute atomic E-state index is 12.1. The molecule has 184 valence electrons. The molecule has 3 amide bonds. The highest BCUT2D eigenvalue weighted by Gasteiger charge is 2.16. The predicted molar refractivity (Wildman–Crippen MR) is 132 cm³/mol. The van der Waals surface area contributed by atoms with E-state index in [-0.39, 0.29) is 24.8 Å². The number of rotatable bonds is 11. The Morgan fingerprint density at radius 1 is 0.912 bits per heavy atom. The van der Waals surface area contributed by atoms with Crippen LogP contribution < -0.4 is 20.7 Å². The summed E-state index contributed by atoms with van der Waals surface area (Å²) < 4.78 is 10.8. The molecule has 0 heterocycles. The van der Waals surface area contributed by atoms with Crippen LogP contribution >= 0.6 is 0 Å². The number of carbonyl (C=O) groups excluding carboxylic acids is 3. The third-order valence-electron chi connectivity index (χ3n) is 4.56. The summed E-state index contributed by atoms with van der Waals surface area (Å²) in [4.78, 5) is 35.9. The van der Waals surface area contributed by atoms with E-state index in [2.05, 4.69) is 16.0 Å². The molecule has 0 fully saturated rings. The van der Waals surface area contributed by atoms with Gasteiger partial charge in [0.25, 0.3) is 0 Å². The number of hydrogen-bond acceptors (Lipinski definition) is 5. The molecule has 2 aromatic rings. The Balaban J connectivity index is 1.65. The number of aryl methyl sites for hydroxylation is 1. The Morgan fingerprint density at radius 3 is 2.35 bits per heavy atom. The van der Waals surface area contributed by atoms with Crippen molar-refractivity contribution >= 4 is 23.6 Å². The van der Waals surface area contributed by atoms with Crippen LogP contribution in [-0.4, -0.2) is 36.7 Å². The smallest absolute Gasteiger partial charge is 0.407 e. The molecular formula is C26H35N3O5. The lowest BCUT2D eigenvalue weighted by Gasteiger charge is -2.19. The van der Waals surface area contributed by atoms with Crippen molar-refractivity contribution in [2.24, 2.45) is 0 Å². The number of alkyl carbamates (subject to hydrolysis) is 1. The van der Waals surface area contributed by atoms with E-state index in [4.69, 9.17) is 9.47 Å². The van der Waals surface area contributed by atoms with Gasteiger partial charge in [0.2, 0.25) is 11.8 Å². The fraction of sp³-hybridized carbons (Fsp3) is 0.423. The minimum Gasteiger partial charge on any atom is -0.494 e. The van der Waals surface area contributed by atoms with Crippen molar-refractivity contribution in [3.8, 4) is 5.75 Å². The third kappa shape index (κ3) is 11.4. The Morgan fingerprint density at radius 2 is 1.65 bits per heavy atom. The summed E-state index contributed by atoms with van der Waals surface area (Å²) in [5, 5.41) is 8.23. The van der Waals surface area contributed by atoms with E-state index >= 15 is 0 Å². The minimum atomic E-state index is -0.586. The van der Waals surface area contributed by atoms with Gasteiger partial charge in [-0.1, -0.05) is 29.8 Å². The van der Waals surface area contributed by atoms with E-state index in [9.17, 15) is 14.4 Å². The largest absolute Gasteiger partial charge is 0.494 e. The molecule has 0 radical (unpaired) electrons. The van der Waals surface area contributed by atoms with Crippen molar-refractivity contribution in [1.29, 1.82) is 0 Å². The number of benzene rings is 2. The van der Waals surface area contributed by atoms with Crippen LogP contribution in [0.3, 0.4) is 0 Å². The molecule has 34 heavy (non-hydrogen) atoms. The molecular weight excluding hydrogens is 434 g/mol. The van der Waals surface area contributed by atoms with Gasteiger partial charge in [0.15, 0.2) is 0 Å². The molecule has 2 aromatic carbocycles. The van der Waals surface area contributed by atoms with E-state index in [0.29, 0.717) is 31.7 Å². The number of amides is 3. The van der Waals surface area contributed by atoms with E-state index in [1.165, 1.54) is 5.56 Å². The van der Waals surface area contributed by atoms with Crippen LogP contribution in [0.1, 0.15) is 51.2 Å². The number of hydrogen-bond donors (Lipinski definition) is 3. The van der Waals surface area contributed by atoms with Crippen LogP contribution in [0.15, 0.2) is 48.5 Å². The van der Waals surface area contributed by atoms with Gasteiger partial charge in [-0.2, -0.15) is 0 Å². The predicted octanol–water partition coefficient (Wildman–Crippen LogP) is 4.32. The molecule has 0 aliphatic rings. The van der Waals surface area contributed by atoms with Crippen molar-refractivity contribution in [3.63, 3.8) is 0 Å². The zero-order chi connectivity index (χ0) is 25.0. The lowest BCUT2D eigenvalue weighted by Crippen LogP contribution is -2.34. The fourth-order valence-corrected chi connectivity index (χ4v) is 2.92. The first-order chi connectivity index (χ1) is 16.1. The Kier molecular flexibility index (Phi) is 10.4. The van der Waals surface area contributed by atoms with Crippen molar-refractivity contribution in [2.75, 3.05) is 18.5 Å². The van der Waals surface area contributed by atoms with Gasteiger partial charge < -0.3 is 25.4 Å². The number of ether oxygens (including phenoxy) is 2. The first-order valence-electron chi connectivity index (χ1n) is 11.4. The van der Waals surface area contributed by atoms with E-state index in [1.54, 1.807) is 32.9 Å². The Bertz CT molecular complexity index is 952. The molecule has 0 saturated heterocycles. The second kappa shape index (κ2) is 13.2. The topological polar surface area (TPSA) is 106 Å². The van der Waals surface area contributed by atoms with Crippen molar-refractivity contribution in [2.45, 2.75) is 59.1 Å². The van der Waals surface area contributed by atoms with Gasteiger partial charge in [0, 0.05) is 31.6 Å². The quantitative estimate of drug-likeness (QED) is 0.425. The second-order valence-corrected chi connectivity index (χ2v) is 8.97. The summed E-state index contributed by atoms with van der Waals surface area (Å²) in [5.41, 5.74) is 2.08. The standard InChI is InChI=1S/C26H35N3O5/c1-19-10-12-22(13-11-19)33-16-6-9-23(30)28-18-20-7-5-8-21(17-20)29-24(31)14-15-27-25(32)34-26(2,3)4/h5,7-8,10-13,17H,6,9,14-16,18H2,1-4H3,(H,27,32)(H,28,30)(H,29,31). The average molecular weight is 470 g/mol. The molecule has 2 rings (SSSR count). The molecule has 3 N–H and O–H groups in total. The SMILES string of the molecule is Cc1ccc(OCCCC(=O)NCc2cccc(NC(=O)CCNC(=O)OC(C)(C)C)c2)cc1. The minimum absolute atomic E-state index is 0.0600. The van der Waals surface area contributed by atoms with Crippen LogP contribution in [-0.2, 0) is 20.9 Å². The summed E-state index contributed by atoms with van der Waals surface area (Å²) in [6.45, 7) is 8.35. The first-order valence-corrected chi connectivity index (χ1v) is 11.4. The van der Waals surface area contributed by atoms with E-state index in [0.717, 1.165) is 11.3 Å². The molecule has 0 aliphatic heterocycles. The van der Waals surface area contributed by atoms with Gasteiger partial charge in [-0.3, -0.25) is 9.59 Å². The summed E-state index contributed by atoms with van der Waals surface area (Å²) in [7, 11) is 0. The number of anilines is 1. The summed E-state index contributed by atoms with van der Waals surface area (Å²) in [5.74, 6) is 0.506. The van der Waals surface area contributed by atoms with E-state index < -0.39 is 11.7 Å². The highest BCUT2D eigenvalue weighted by molar-refractivity contribution is 5.91. The van der Waals surface area contributed by atoms with Crippen molar-refractivity contribution in [3.05, 3.63) is 59.7 Å². The summed E-state index contributed by atoms with van der Waals surface area (Å²) in [6.07, 6.45) is 0.546. The van der Waals surface area contributed by atoms with Crippen molar-refractivity contribution < 1.29 is 23.9 Å². The zero-order valence-corrected chi connectivity index (χ0v) is 20.4. The fourth-order valence-electron chi connectivity index (χ4n) is 2.92. The maximum atomic E-state index is 12.1. The highest BCUT2D eigenvalue weighted by atomic mass is 16.6. The van der Waals surface area contributed by atoms with Gasteiger partial charge in [0.1, 0.15) is 11.4 Å². The lowest BCUT2D eigenvalue weighted by atomic mass is 10.2. The molecule has 0 unspecified atom stereocenters. The van der Waals surface area contributed by atoms with Crippen LogP contribution in [0.2, 0.25) is 0 Å².